The number of carboxylic acids is 1. The van der Waals surface area contributed by atoms with Gasteiger partial charge in [0.05, 0.1) is 11.1 Å². The van der Waals surface area contributed by atoms with Gasteiger partial charge in [-0.2, -0.15) is 0 Å². The zero-order valence-electron chi connectivity index (χ0n) is 11.9. The Morgan fingerprint density at radius 3 is 2.57 bits per heavy atom. The summed E-state index contributed by atoms with van der Waals surface area (Å²) < 4.78 is 5.96. The molecule has 0 unspecified atom stereocenters. The largest absolute Gasteiger partial charge is 0.478 e. The number of nitrogens with zero attached hydrogens (tertiary/aromatic N) is 1. The Morgan fingerprint density at radius 1 is 1.14 bits per heavy atom. The van der Waals surface area contributed by atoms with Crippen molar-refractivity contribution in [3.05, 3.63) is 35.9 Å². The number of aromatic carboxylic acids is 1. The number of fused-ring (bicyclic) bond motifs is 1. The highest BCUT2D eigenvalue weighted by atomic mass is 16.5. The third-order valence-corrected chi connectivity index (χ3v) is 4.01. The first kappa shape index (κ1) is 13.9. The molecule has 0 radical (unpaired) electrons. The van der Waals surface area contributed by atoms with E-state index >= 15 is 0 Å². The lowest BCUT2D eigenvalue weighted by Crippen LogP contribution is -2.16. The number of carbonyl (C=O) groups is 1. The molecule has 0 atom stereocenters. The third kappa shape index (κ3) is 3.15. The van der Waals surface area contributed by atoms with E-state index in [9.17, 15) is 9.90 Å². The van der Waals surface area contributed by atoms with E-state index in [2.05, 4.69) is 4.98 Å². The van der Waals surface area contributed by atoms with Crippen LogP contribution in [0, 0.1) is 0 Å². The van der Waals surface area contributed by atoms with Crippen molar-refractivity contribution in [2.24, 2.45) is 0 Å². The Balaban J connectivity index is 1.93. The molecule has 21 heavy (non-hydrogen) atoms. The zero-order chi connectivity index (χ0) is 14.7. The van der Waals surface area contributed by atoms with Gasteiger partial charge in [-0.1, -0.05) is 31.0 Å². The Bertz CT molecular complexity index is 646. The number of benzene rings is 1. The number of hydrogen-bond donors (Lipinski definition) is 1. The molecule has 1 aliphatic carbocycles. The molecule has 1 N–H and O–H groups in total. The molecule has 1 fully saturated rings. The van der Waals surface area contributed by atoms with Crippen LogP contribution in [0.2, 0.25) is 0 Å². The quantitative estimate of drug-likeness (QED) is 0.865. The number of aromatic nitrogens is 1. The number of rotatable bonds is 3. The Kier molecular flexibility index (Phi) is 4.04. The first-order valence-corrected chi connectivity index (χ1v) is 7.54. The lowest BCUT2D eigenvalue weighted by molar-refractivity contribution is 0.0697. The van der Waals surface area contributed by atoms with Gasteiger partial charge in [-0.3, -0.25) is 0 Å². The van der Waals surface area contributed by atoms with Crippen molar-refractivity contribution in [3.63, 3.8) is 0 Å². The summed E-state index contributed by atoms with van der Waals surface area (Å²) >= 11 is 0. The van der Waals surface area contributed by atoms with E-state index < -0.39 is 5.97 Å². The van der Waals surface area contributed by atoms with Gasteiger partial charge in [-0.15, -0.1) is 0 Å². The van der Waals surface area contributed by atoms with Gasteiger partial charge in [0.15, 0.2) is 0 Å². The maximum absolute atomic E-state index is 11.4. The minimum atomic E-state index is -0.945. The second-order valence-corrected chi connectivity index (χ2v) is 5.56. The topological polar surface area (TPSA) is 59.4 Å². The highest BCUT2D eigenvalue weighted by Gasteiger charge is 2.17. The molecule has 1 saturated carbocycles. The first-order chi connectivity index (χ1) is 10.2. The summed E-state index contributed by atoms with van der Waals surface area (Å²) in [7, 11) is 0. The molecule has 1 heterocycles. The van der Waals surface area contributed by atoms with Crippen LogP contribution in [0.15, 0.2) is 30.3 Å². The molecule has 2 aromatic rings. The molecule has 3 rings (SSSR count). The predicted octanol–water partition coefficient (Wildman–Crippen LogP) is 4.03. The van der Waals surface area contributed by atoms with Gasteiger partial charge in [-0.25, -0.2) is 9.78 Å². The fraction of sp³-hybridized carbons (Fsp3) is 0.412. The van der Waals surface area contributed by atoms with E-state index in [0.29, 0.717) is 16.8 Å². The predicted molar refractivity (Wildman–Crippen MR) is 80.8 cm³/mol. The van der Waals surface area contributed by atoms with Crippen LogP contribution >= 0.6 is 0 Å². The summed E-state index contributed by atoms with van der Waals surface area (Å²) in [4.78, 5) is 15.9. The minimum absolute atomic E-state index is 0.155. The number of hydrogen-bond acceptors (Lipinski definition) is 3. The fourth-order valence-corrected chi connectivity index (χ4v) is 2.92. The van der Waals surface area contributed by atoms with Crippen LogP contribution in [0.4, 0.5) is 0 Å². The normalized spacial score (nSPS) is 16.6. The lowest BCUT2D eigenvalue weighted by Gasteiger charge is -2.17. The van der Waals surface area contributed by atoms with Crippen molar-refractivity contribution < 1.29 is 14.6 Å². The standard InChI is InChI=1S/C17H19NO3/c19-17(20)14-11-16(18-15-10-6-5-9-13(14)15)21-12-7-3-1-2-4-8-12/h5-6,9-12H,1-4,7-8H2,(H,19,20). The van der Waals surface area contributed by atoms with Gasteiger partial charge in [0.1, 0.15) is 6.10 Å². The maximum Gasteiger partial charge on any atom is 0.336 e. The molecule has 1 aromatic carbocycles. The molecule has 0 bridgehead atoms. The van der Waals surface area contributed by atoms with E-state index in [1.165, 1.54) is 25.7 Å². The summed E-state index contributed by atoms with van der Waals surface area (Å²) in [5.74, 6) is -0.516. The first-order valence-electron chi connectivity index (χ1n) is 7.54. The van der Waals surface area contributed by atoms with E-state index in [1.54, 1.807) is 12.1 Å². The van der Waals surface area contributed by atoms with E-state index in [0.717, 1.165) is 12.8 Å². The van der Waals surface area contributed by atoms with Crippen molar-refractivity contribution >= 4 is 16.9 Å². The van der Waals surface area contributed by atoms with Crippen LogP contribution in [0.1, 0.15) is 48.9 Å². The van der Waals surface area contributed by atoms with E-state index in [1.807, 2.05) is 18.2 Å². The minimum Gasteiger partial charge on any atom is -0.478 e. The SMILES string of the molecule is O=C(O)c1cc(OC2CCCCCC2)nc2ccccc12. The average Bonchev–Trinajstić information content (AvgIpc) is 2.75. The van der Waals surface area contributed by atoms with Crippen molar-refractivity contribution in [2.45, 2.75) is 44.6 Å². The number of ether oxygens (including phenoxy) is 1. The van der Waals surface area contributed by atoms with Gasteiger partial charge in [-0.05, 0) is 31.7 Å². The van der Waals surface area contributed by atoms with Gasteiger partial charge < -0.3 is 9.84 Å². The summed E-state index contributed by atoms with van der Waals surface area (Å²) in [6.07, 6.45) is 7.06. The zero-order valence-corrected chi connectivity index (χ0v) is 11.9. The van der Waals surface area contributed by atoms with Crippen LogP contribution in [0.3, 0.4) is 0 Å². The Hall–Kier alpha value is -2.10. The smallest absolute Gasteiger partial charge is 0.336 e. The summed E-state index contributed by atoms with van der Waals surface area (Å²) in [6.45, 7) is 0. The van der Waals surface area contributed by atoms with Crippen LogP contribution in [-0.4, -0.2) is 22.2 Å². The van der Waals surface area contributed by atoms with Crippen molar-refractivity contribution in [1.82, 2.24) is 4.98 Å². The molecule has 0 amide bonds. The van der Waals surface area contributed by atoms with Crippen molar-refractivity contribution in [1.29, 1.82) is 0 Å². The molecular weight excluding hydrogens is 266 g/mol. The number of pyridine rings is 1. The van der Waals surface area contributed by atoms with Crippen LogP contribution in [-0.2, 0) is 0 Å². The second kappa shape index (κ2) is 6.12. The van der Waals surface area contributed by atoms with Gasteiger partial charge in [0.25, 0.3) is 0 Å². The summed E-state index contributed by atoms with van der Waals surface area (Å²) in [5, 5.41) is 10.0. The number of carboxylic acid groups (broad SMARTS) is 1. The highest BCUT2D eigenvalue weighted by molar-refractivity contribution is 6.02. The van der Waals surface area contributed by atoms with Crippen LogP contribution < -0.4 is 4.74 Å². The van der Waals surface area contributed by atoms with Gasteiger partial charge in [0, 0.05) is 11.5 Å². The molecular formula is C17H19NO3. The van der Waals surface area contributed by atoms with E-state index in [4.69, 9.17) is 4.74 Å². The van der Waals surface area contributed by atoms with Crippen LogP contribution in [0.5, 0.6) is 5.88 Å². The van der Waals surface area contributed by atoms with Crippen molar-refractivity contribution in [2.75, 3.05) is 0 Å². The fourth-order valence-electron chi connectivity index (χ4n) is 2.92. The molecule has 4 heteroatoms. The molecule has 0 aliphatic heterocycles. The lowest BCUT2D eigenvalue weighted by atomic mass is 10.1. The molecule has 0 saturated heterocycles. The Morgan fingerprint density at radius 2 is 1.86 bits per heavy atom. The molecule has 4 nitrogen and oxygen atoms in total. The molecule has 110 valence electrons. The average molecular weight is 285 g/mol. The summed E-state index contributed by atoms with van der Waals surface area (Å²) in [6, 6.07) is 8.83. The molecule has 1 aromatic heterocycles. The highest BCUT2D eigenvalue weighted by Crippen LogP contribution is 2.26. The van der Waals surface area contributed by atoms with Crippen molar-refractivity contribution in [3.8, 4) is 5.88 Å². The third-order valence-electron chi connectivity index (χ3n) is 4.01. The van der Waals surface area contributed by atoms with Gasteiger partial charge in [0.2, 0.25) is 5.88 Å². The van der Waals surface area contributed by atoms with Gasteiger partial charge >= 0.3 is 5.97 Å². The maximum atomic E-state index is 11.4. The second-order valence-electron chi connectivity index (χ2n) is 5.56. The van der Waals surface area contributed by atoms with E-state index in [-0.39, 0.29) is 11.7 Å². The van der Waals surface area contributed by atoms with Crippen LogP contribution in [0.25, 0.3) is 10.9 Å². The molecule has 0 spiro atoms. The monoisotopic (exact) mass is 285 g/mol. The summed E-state index contributed by atoms with van der Waals surface area (Å²) in [5.41, 5.74) is 0.922. The molecule has 1 aliphatic rings. The Labute approximate surface area is 123 Å². The number of para-hydroxylation sites is 1.